The largest absolute Gasteiger partial charge is 0.495 e. The van der Waals surface area contributed by atoms with E-state index in [9.17, 15) is 13.2 Å². The van der Waals surface area contributed by atoms with Gasteiger partial charge in [0.15, 0.2) is 0 Å². The van der Waals surface area contributed by atoms with Crippen LogP contribution in [0.5, 0.6) is 5.75 Å². The fourth-order valence-corrected chi connectivity index (χ4v) is 5.48. The zero-order chi connectivity index (χ0) is 23.8. The summed E-state index contributed by atoms with van der Waals surface area (Å²) in [6, 6.07) is 20.9. The van der Waals surface area contributed by atoms with Gasteiger partial charge in [-0.25, -0.2) is 8.42 Å². The number of halogens is 1. The van der Waals surface area contributed by atoms with Gasteiger partial charge in [-0.1, -0.05) is 47.5 Å². The molecule has 0 saturated carbocycles. The van der Waals surface area contributed by atoms with Crippen LogP contribution < -0.4 is 14.4 Å². The van der Waals surface area contributed by atoms with Crippen molar-refractivity contribution in [3.05, 3.63) is 83.4 Å². The number of nitrogens with zero attached hydrogens (tertiary/aromatic N) is 1. The summed E-state index contributed by atoms with van der Waals surface area (Å²) in [6.07, 6.45) is 0. The molecule has 0 aliphatic rings. The predicted octanol–water partition coefficient (Wildman–Crippen LogP) is 4.76. The van der Waals surface area contributed by atoms with Crippen LogP contribution in [-0.4, -0.2) is 40.3 Å². The molecule has 0 spiro atoms. The number of hydrogen-bond acceptors (Lipinski definition) is 5. The van der Waals surface area contributed by atoms with Crippen LogP contribution in [0.4, 0.5) is 5.69 Å². The van der Waals surface area contributed by atoms with E-state index < -0.39 is 15.9 Å². The highest BCUT2D eigenvalue weighted by Gasteiger charge is 2.27. The number of benzene rings is 3. The lowest BCUT2D eigenvalue weighted by Crippen LogP contribution is -2.41. The molecule has 1 N–H and O–H groups in total. The molecule has 0 saturated heterocycles. The number of amides is 1. The molecule has 0 unspecified atom stereocenters. The van der Waals surface area contributed by atoms with E-state index in [2.05, 4.69) is 5.32 Å². The molecule has 0 aliphatic carbocycles. The van der Waals surface area contributed by atoms with E-state index in [1.165, 1.54) is 25.3 Å². The number of ether oxygens (including phenoxy) is 1. The van der Waals surface area contributed by atoms with Gasteiger partial charge in [-0.3, -0.25) is 9.10 Å². The average molecular weight is 505 g/mol. The van der Waals surface area contributed by atoms with Crippen molar-refractivity contribution in [1.29, 1.82) is 0 Å². The lowest BCUT2D eigenvalue weighted by molar-refractivity contribution is -0.119. The summed E-state index contributed by atoms with van der Waals surface area (Å²) < 4.78 is 33.1. The van der Waals surface area contributed by atoms with E-state index in [1.54, 1.807) is 36.0 Å². The van der Waals surface area contributed by atoms with E-state index in [-0.39, 0.29) is 22.2 Å². The zero-order valence-corrected chi connectivity index (χ0v) is 20.7. The van der Waals surface area contributed by atoms with Crippen molar-refractivity contribution in [3.8, 4) is 5.75 Å². The molecule has 3 aromatic carbocycles. The average Bonchev–Trinajstić information content (AvgIpc) is 2.81. The van der Waals surface area contributed by atoms with Crippen LogP contribution in [0.25, 0.3) is 0 Å². The number of aryl methyl sites for hydroxylation is 1. The number of nitrogens with one attached hydrogen (secondary N) is 1. The Morgan fingerprint density at radius 1 is 1.06 bits per heavy atom. The minimum absolute atomic E-state index is 0.0903. The van der Waals surface area contributed by atoms with Gasteiger partial charge in [-0.2, -0.15) is 0 Å². The number of carbonyl (C=O) groups excluding carboxylic acids is 1. The second kappa shape index (κ2) is 11.4. The summed E-state index contributed by atoms with van der Waals surface area (Å²) in [4.78, 5) is 13.9. The normalized spacial score (nSPS) is 11.1. The quantitative estimate of drug-likeness (QED) is 0.318. The Labute approximate surface area is 204 Å². The molecular weight excluding hydrogens is 480 g/mol. The van der Waals surface area contributed by atoms with E-state index >= 15 is 0 Å². The first kappa shape index (κ1) is 25.0. The first-order valence-electron chi connectivity index (χ1n) is 10.2. The van der Waals surface area contributed by atoms with Crippen molar-refractivity contribution in [3.63, 3.8) is 0 Å². The minimum Gasteiger partial charge on any atom is -0.495 e. The highest BCUT2D eigenvalue weighted by Crippen LogP contribution is 2.32. The third kappa shape index (κ3) is 6.66. The highest BCUT2D eigenvalue weighted by atomic mass is 35.5. The molecule has 3 aromatic rings. The summed E-state index contributed by atoms with van der Waals surface area (Å²) in [6.45, 7) is 1.90. The SMILES string of the molecule is COc1ccc(N(CC(=O)NCCSc2ccccc2)S(=O)(=O)c2ccc(C)cc2)cc1Cl. The molecule has 0 heterocycles. The molecule has 33 heavy (non-hydrogen) atoms. The van der Waals surface area contributed by atoms with E-state index in [0.29, 0.717) is 18.0 Å². The maximum absolute atomic E-state index is 13.4. The first-order valence-corrected chi connectivity index (χ1v) is 13.0. The molecule has 174 valence electrons. The van der Waals surface area contributed by atoms with Crippen LogP contribution in [0.1, 0.15) is 5.56 Å². The minimum atomic E-state index is -4.01. The van der Waals surface area contributed by atoms with Crippen LogP contribution in [0.15, 0.2) is 82.6 Å². The molecule has 0 radical (unpaired) electrons. The van der Waals surface area contributed by atoms with Crippen LogP contribution in [0, 0.1) is 6.92 Å². The molecule has 9 heteroatoms. The number of carbonyl (C=O) groups is 1. The smallest absolute Gasteiger partial charge is 0.264 e. The second-order valence-corrected chi connectivity index (χ2v) is 10.6. The van der Waals surface area contributed by atoms with E-state index in [1.807, 2.05) is 37.3 Å². The molecule has 0 atom stereocenters. The Morgan fingerprint density at radius 3 is 2.39 bits per heavy atom. The molecule has 1 amide bonds. The third-order valence-corrected chi connectivity index (χ3v) is 7.85. The molecule has 0 bridgehead atoms. The molecule has 0 aliphatic heterocycles. The Balaban J connectivity index is 1.77. The van der Waals surface area contributed by atoms with Gasteiger partial charge in [-0.05, 0) is 49.4 Å². The van der Waals surface area contributed by atoms with Crippen molar-refractivity contribution < 1.29 is 17.9 Å². The van der Waals surface area contributed by atoms with Crippen molar-refractivity contribution >= 4 is 45.0 Å². The summed E-state index contributed by atoms with van der Waals surface area (Å²) in [5.41, 5.74) is 1.21. The maximum atomic E-state index is 13.4. The Bertz CT molecular complexity index is 1190. The van der Waals surface area contributed by atoms with Gasteiger partial charge in [-0.15, -0.1) is 11.8 Å². The zero-order valence-electron chi connectivity index (χ0n) is 18.3. The van der Waals surface area contributed by atoms with Crippen molar-refractivity contribution in [1.82, 2.24) is 5.32 Å². The van der Waals surface area contributed by atoms with E-state index in [4.69, 9.17) is 16.3 Å². The predicted molar refractivity (Wildman–Crippen MR) is 134 cm³/mol. The number of methoxy groups -OCH3 is 1. The number of thioether (sulfide) groups is 1. The van der Waals surface area contributed by atoms with Gasteiger partial charge in [0.05, 0.1) is 22.7 Å². The van der Waals surface area contributed by atoms with Gasteiger partial charge in [0.2, 0.25) is 5.91 Å². The van der Waals surface area contributed by atoms with Crippen molar-refractivity contribution in [2.75, 3.05) is 30.3 Å². The van der Waals surface area contributed by atoms with Gasteiger partial charge < -0.3 is 10.1 Å². The lowest BCUT2D eigenvalue weighted by Gasteiger charge is -2.24. The molecule has 0 aromatic heterocycles. The summed E-state index contributed by atoms with van der Waals surface area (Å²) in [7, 11) is -2.53. The fraction of sp³-hybridized carbons (Fsp3) is 0.208. The number of hydrogen-bond donors (Lipinski definition) is 1. The van der Waals surface area contributed by atoms with E-state index in [0.717, 1.165) is 14.8 Å². The standard InChI is InChI=1S/C24H25ClN2O4S2/c1-18-8-11-21(12-9-18)33(29,30)27(19-10-13-23(31-2)22(25)16-19)17-24(28)26-14-15-32-20-6-4-3-5-7-20/h3-13,16H,14-15,17H2,1-2H3,(H,26,28). The van der Waals surface area contributed by atoms with Gasteiger partial charge >= 0.3 is 0 Å². The Kier molecular flexibility index (Phi) is 8.66. The van der Waals surface area contributed by atoms with Crippen molar-refractivity contribution in [2.45, 2.75) is 16.7 Å². The molecular formula is C24H25ClN2O4S2. The second-order valence-electron chi connectivity index (χ2n) is 7.16. The van der Waals surface area contributed by atoms with Gasteiger partial charge in [0.25, 0.3) is 10.0 Å². The Morgan fingerprint density at radius 2 is 1.76 bits per heavy atom. The fourth-order valence-electron chi connectivity index (χ4n) is 3.03. The summed E-state index contributed by atoms with van der Waals surface area (Å²) in [5, 5.41) is 3.05. The number of rotatable bonds is 10. The molecule has 3 rings (SSSR count). The van der Waals surface area contributed by atoms with Crippen LogP contribution in [-0.2, 0) is 14.8 Å². The number of sulfonamides is 1. The summed E-state index contributed by atoms with van der Waals surface area (Å²) in [5.74, 6) is 0.663. The molecule has 0 fully saturated rings. The Hall–Kier alpha value is -2.68. The van der Waals surface area contributed by atoms with Gasteiger partial charge in [0, 0.05) is 17.2 Å². The first-order chi connectivity index (χ1) is 15.8. The van der Waals surface area contributed by atoms with Crippen molar-refractivity contribution in [2.24, 2.45) is 0 Å². The topological polar surface area (TPSA) is 75.7 Å². The number of anilines is 1. The monoisotopic (exact) mass is 504 g/mol. The lowest BCUT2D eigenvalue weighted by atomic mass is 10.2. The van der Waals surface area contributed by atoms with Crippen LogP contribution >= 0.6 is 23.4 Å². The highest BCUT2D eigenvalue weighted by molar-refractivity contribution is 7.99. The van der Waals surface area contributed by atoms with Crippen LogP contribution in [0.2, 0.25) is 5.02 Å². The van der Waals surface area contributed by atoms with Gasteiger partial charge in [0.1, 0.15) is 12.3 Å². The maximum Gasteiger partial charge on any atom is 0.264 e. The molecule has 6 nitrogen and oxygen atoms in total. The van der Waals surface area contributed by atoms with Crippen LogP contribution in [0.3, 0.4) is 0 Å². The third-order valence-electron chi connectivity index (χ3n) is 4.76. The summed E-state index contributed by atoms with van der Waals surface area (Å²) >= 11 is 7.85.